The number of halogens is 2. The van der Waals surface area contributed by atoms with Gasteiger partial charge in [0.25, 0.3) is 0 Å². The van der Waals surface area contributed by atoms with E-state index in [1.165, 1.54) is 6.42 Å². The van der Waals surface area contributed by atoms with E-state index in [0.29, 0.717) is 19.1 Å². The molecule has 2 rings (SSSR count). The molecular weight excluding hydrogens is 325 g/mol. The summed E-state index contributed by atoms with van der Waals surface area (Å²) in [5, 5.41) is 7.30. The number of amides is 1. The van der Waals surface area contributed by atoms with E-state index in [1.54, 1.807) is 4.68 Å². The van der Waals surface area contributed by atoms with Crippen LogP contribution in [0, 0.1) is 13.8 Å². The van der Waals surface area contributed by atoms with E-state index in [-0.39, 0.29) is 30.7 Å². The van der Waals surface area contributed by atoms with Crippen molar-refractivity contribution in [2.75, 3.05) is 25.0 Å². The van der Waals surface area contributed by atoms with E-state index in [9.17, 15) is 4.79 Å². The second kappa shape index (κ2) is 9.35. The van der Waals surface area contributed by atoms with Crippen LogP contribution in [0.5, 0.6) is 0 Å². The van der Waals surface area contributed by atoms with Crippen molar-refractivity contribution in [1.29, 1.82) is 0 Å². The fraction of sp³-hybridized carbons (Fsp3) is 0.714. The summed E-state index contributed by atoms with van der Waals surface area (Å²) >= 11 is 0. The number of likely N-dealkylation sites (tertiary alicyclic amines) is 1. The second-order valence-corrected chi connectivity index (χ2v) is 5.57. The number of aromatic nitrogens is 2. The zero-order valence-electron chi connectivity index (χ0n) is 13.5. The lowest BCUT2D eigenvalue weighted by atomic mass is 10.0. The first kappa shape index (κ1) is 21.2. The van der Waals surface area contributed by atoms with Gasteiger partial charge in [0.15, 0.2) is 0 Å². The molecule has 1 aliphatic heterocycles. The van der Waals surface area contributed by atoms with Crippen LogP contribution in [0.3, 0.4) is 0 Å². The molecule has 6 nitrogen and oxygen atoms in total. The molecule has 1 aromatic rings. The molecule has 1 amide bonds. The van der Waals surface area contributed by atoms with Crippen molar-refractivity contribution in [2.45, 2.75) is 39.2 Å². The van der Waals surface area contributed by atoms with Gasteiger partial charge in [-0.1, -0.05) is 6.42 Å². The molecule has 0 saturated carbocycles. The maximum atomic E-state index is 12.2. The third-order valence-electron chi connectivity index (χ3n) is 4.14. The Morgan fingerprint density at radius 1 is 1.36 bits per heavy atom. The van der Waals surface area contributed by atoms with Gasteiger partial charge in [-0.25, -0.2) is 0 Å². The standard InChI is InChI=1S/C14H25N5O.2ClH/c1-10-14(11(2)18(3)17-10)16-13(20)9-19-7-5-4-6-12(19)8-15;;/h12H,4-9,15H2,1-3H3,(H,16,20);2*1H. The van der Waals surface area contributed by atoms with Crippen molar-refractivity contribution in [2.24, 2.45) is 12.8 Å². The largest absolute Gasteiger partial charge is 0.329 e. The van der Waals surface area contributed by atoms with Crippen LogP contribution < -0.4 is 11.1 Å². The SMILES string of the molecule is Cc1nn(C)c(C)c1NC(=O)CN1CCCCC1CN.Cl.Cl. The summed E-state index contributed by atoms with van der Waals surface area (Å²) in [6.07, 6.45) is 3.45. The molecule has 0 aromatic carbocycles. The maximum Gasteiger partial charge on any atom is 0.238 e. The van der Waals surface area contributed by atoms with Crippen LogP contribution in [-0.4, -0.2) is 46.3 Å². The van der Waals surface area contributed by atoms with Crippen LogP contribution in [0.15, 0.2) is 0 Å². The van der Waals surface area contributed by atoms with Crippen molar-refractivity contribution in [3.8, 4) is 0 Å². The molecule has 1 aliphatic rings. The molecule has 0 aliphatic carbocycles. The van der Waals surface area contributed by atoms with E-state index in [4.69, 9.17) is 5.73 Å². The normalized spacial score (nSPS) is 18.3. The summed E-state index contributed by atoms with van der Waals surface area (Å²) < 4.78 is 1.79. The average Bonchev–Trinajstić information content (AvgIpc) is 2.66. The van der Waals surface area contributed by atoms with E-state index in [0.717, 1.165) is 36.5 Å². The number of carbonyl (C=O) groups excluding carboxylic acids is 1. The van der Waals surface area contributed by atoms with Gasteiger partial charge in [-0.2, -0.15) is 5.10 Å². The smallest absolute Gasteiger partial charge is 0.238 e. The van der Waals surface area contributed by atoms with Crippen LogP contribution in [0.25, 0.3) is 0 Å². The molecule has 128 valence electrons. The number of rotatable bonds is 4. The summed E-state index contributed by atoms with van der Waals surface area (Å²) in [7, 11) is 1.88. The Morgan fingerprint density at radius 3 is 2.59 bits per heavy atom. The van der Waals surface area contributed by atoms with Crippen molar-refractivity contribution in [3.63, 3.8) is 0 Å². The number of anilines is 1. The minimum absolute atomic E-state index is 0. The van der Waals surface area contributed by atoms with Crippen LogP contribution in [0.2, 0.25) is 0 Å². The molecule has 1 saturated heterocycles. The first-order valence-corrected chi connectivity index (χ1v) is 7.27. The van der Waals surface area contributed by atoms with E-state index in [1.807, 2.05) is 20.9 Å². The van der Waals surface area contributed by atoms with Crippen LogP contribution in [0.4, 0.5) is 5.69 Å². The van der Waals surface area contributed by atoms with Crippen molar-refractivity contribution < 1.29 is 4.79 Å². The number of nitrogens with one attached hydrogen (secondary N) is 1. The third kappa shape index (κ3) is 4.84. The fourth-order valence-electron chi connectivity index (χ4n) is 2.85. The second-order valence-electron chi connectivity index (χ2n) is 5.57. The number of piperidine rings is 1. The number of nitrogens with two attached hydrogens (primary N) is 1. The number of hydrogen-bond acceptors (Lipinski definition) is 4. The number of hydrogen-bond donors (Lipinski definition) is 2. The van der Waals surface area contributed by atoms with Crippen LogP contribution in [0.1, 0.15) is 30.7 Å². The minimum atomic E-state index is 0. The highest BCUT2D eigenvalue weighted by Crippen LogP contribution is 2.19. The first-order chi connectivity index (χ1) is 9.52. The molecule has 0 spiro atoms. The summed E-state index contributed by atoms with van der Waals surface area (Å²) in [5.41, 5.74) is 8.45. The van der Waals surface area contributed by atoms with Crippen LogP contribution in [-0.2, 0) is 11.8 Å². The third-order valence-corrected chi connectivity index (χ3v) is 4.14. The molecule has 0 bridgehead atoms. The topological polar surface area (TPSA) is 76.2 Å². The van der Waals surface area contributed by atoms with Gasteiger partial charge in [-0.15, -0.1) is 24.8 Å². The Labute approximate surface area is 144 Å². The monoisotopic (exact) mass is 351 g/mol. The minimum Gasteiger partial charge on any atom is -0.329 e. The lowest BCUT2D eigenvalue weighted by Gasteiger charge is -2.34. The molecule has 1 fully saturated rings. The number of aryl methyl sites for hydroxylation is 2. The molecule has 2 heterocycles. The lowest BCUT2D eigenvalue weighted by molar-refractivity contribution is -0.118. The highest BCUT2D eigenvalue weighted by Gasteiger charge is 2.23. The average molecular weight is 352 g/mol. The Hall–Kier alpha value is -0.820. The quantitative estimate of drug-likeness (QED) is 0.864. The molecular formula is C14H27Cl2N5O. The molecule has 8 heteroatoms. The highest BCUT2D eigenvalue weighted by atomic mass is 35.5. The van der Waals surface area contributed by atoms with Gasteiger partial charge in [0.2, 0.25) is 5.91 Å². The Balaban J connectivity index is 0.00000220. The Bertz CT molecular complexity index is 492. The van der Waals surface area contributed by atoms with Gasteiger partial charge in [0.05, 0.1) is 23.6 Å². The summed E-state index contributed by atoms with van der Waals surface area (Å²) in [5.74, 6) is 0.0181. The molecule has 1 aromatic heterocycles. The molecule has 1 unspecified atom stereocenters. The van der Waals surface area contributed by atoms with E-state index < -0.39 is 0 Å². The molecule has 0 radical (unpaired) electrons. The van der Waals surface area contributed by atoms with Gasteiger partial charge in [0.1, 0.15) is 0 Å². The Morgan fingerprint density at radius 2 is 2.05 bits per heavy atom. The number of carbonyl (C=O) groups is 1. The van der Waals surface area contributed by atoms with Gasteiger partial charge >= 0.3 is 0 Å². The summed E-state index contributed by atoms with van der Waals surface area (Å²) in [4.78, 5) is 14.4. The van der Waals surface area contributed by atoms with Crippen molar-refractivity contribution >= 4 is 36.4 Å². The zero-order chi connectivity index (χ0) is 14.7. The maximum absolute atomic E-state index is 12.2. The molecule has 22 heavy (non-hydrogen) atoms. The highest BCUT2D eigenvalue weighted by molar-refractivity contribution is 5.93. The van der Waals surface area contributed by atoms with E-state index in [2.05, 4.69) is 15.3 Å². The lowest BCUT2D eigenvalue weighted by Crippen LogP contribution is -2.47. The zero-order valence-corrected chi connectivity index (χ0v) is 15.1. The molecule has 3 N–H and O–H groups in total. The first-order valence-electron chi connectivity index (χ1n) is 7.27. The van der Waals surface area contributed by atoms with Gasteiger partial charge < -0.3 is 11.1 Å². The van der Waals surface area contributed by atoms with Crippen molar-refractivity contribution in [3.05, 3.63) is 11.4 Å². The fourth-order valence-corrected chi connectivity index (χ4v) is 2.85. The van der Waals surface area contributed by atoms with Crippen molar-refractivity contribution in [1.82, 2.24) is 14.7 Å². The molecule has 1 atom stereocenters. The predicted octanol–water partition coefficient (Wildman–Crippen LogP) is 1.63. The van der Waals surface area contributed by atoms with E-state index >= 15 is 0 Å². The summed E-state index contributed by atoms with van der Waals surface area (Å²) in [6, 6.07) is 0.339. The Kier molecular flexibility index (Phi) is 9.00. The number of nitrogens with zero attached hydrogens (tertiary/aromatic N) is 3. The predicted molar refractivity (Wildman–Crippen MR) is 94.1 cm³/mol. The van der Waals surface area contributed by atoms with Gasteiger partial charge in [-0.05, 0) is 33.2 Å². The van der Waals surface area contributed by atoms with Crippen LogP contribution >= 0.6 is 24.8 Å². The van der Waals surface area contributed by atoms with Gasteiger partial charge in [0, 0.05) is 19.6 Å². The van der Waals surface area contributed by atoms with Gasteiger partial charge in [-0.3, -0.25) is 14.4 Å². The summed E-state index contributed by atoms with van der Waals surface area (Å²) in [6.45, 7) is 5.86.